The number of aliphatic imine (C=N–C) groups is 1. The fourth-order valence-electron chi connectivity index (χ4n) is 0.372. The molecule has 0 saturated carbocycles. The predicted octanol–water partition coefficient (Wildman–Crippen LogP) is -1.00. The summed E-state index contributed by atoms with van der Waals surface area (Å²) in [7, 11) is 3.50. The van der Waals surface area contributed by atoms with Gasteiger partial charge >= 0.3 is 0 Å². The highest BCUT2D eigenvalue weighted by Crippen LogP contribution is 1.62. The first-order valence-electron chi connectivity index (χ1n) is 2.39. The molecule has 3 N–H and O–H groups in total. The molecule has 0 aromatic rings. The van der Waals surface area contributed by atoms with E-state index in [0.717, 1.165) is 0 Å². The van der Waals surface area contributed by atoms with E-state index in [1.165, 1.54) is 5.01 Å². The quantitative estimate of drug-likeness (QED) is 0.163. The van der Waals surface area contributed by atoms with E-state index in [1.807, 2.05) is 7.05 Å². The fraction of sp³-hybridized carbons (Fsp3) is 0.750. The molecule has 0 aromatic carbocycles. The standard InChI is InChI=1S/C4H12N4/c1-6-3-8(5)4-7-2/h3,7H,4-5H2,1-2H3. The average Bonchev–Trinajstić information content (AvgIpc) is 1.68. The van der Waals surface area contributed by atoms with Gasteiger partial charge in [0.15, 0.2) is 0 Å². The number of nitrogens with two attached hydrogens (primary N) is 1. The molecule has 0 aromatic heterocycles. The fourth-order valence-corrected chi connectivity index (χ4v) is 0.372. The smallest absolute Gasteiger partial charge is 0.0999 e. The molecule has 0 radical (unpaired) electrons. The zero-order valence-electron chi connectivity index (χ0n) is 5.26. The third-order valence-electron chi connectivity index (χ3n) is 0.604. The first-order chi connectivity index (χ1) is 3.81. The Morgan fingerprint density at radius 2 is 2.50 bits per heavy atom. The van der Waals surface area contributed by atoms with Crippen molar-refractivity contribution < 1.29 is 0 Å². The van der Waals surface area contributed by atoms with Crippen molar-refractivity contribution in [1.82, 2.24) is 10.3 Å². The van der Waals surface area contributed by atoms with Crippen LogP contribution in [0.4, 0.5) is 0 Å². The summed E-state index contributed by atoms with van der Waals surface area (Å²) >= 11 is 0. The third kappa shape index (κ3) is 3.58. The third-order valence-corrected chi connectivity index (χ3v) is 0.604. The molecular weight excluding hydrogens is 104 g/mol. The molecule has 0 fully saturated rings. The number of nitrogens with zero attached hydrogens (tertiary/aromatic N) is 2. The lowest BCUT2D eigenvalue weighted by Crippen LogP contribution is -2.36. The van der Waals surface area contributed by atoms with Crippen LogP contribution in [0, 0.1) is 0 Å². The molecule has 4 heteroatoms. The molecule has 0 amide bonds. The van der Waals surface area contributed by atoms with E-state index in [1.54, 1.807) is 13.4 Å². The zero-order chi connectivity index (χ0) is 6.41. The summed E-state index contributed by atoms with van der Waals surface area (Å²) in [6.07, 6.45) is 1.55. The van der Waals surface area contributed by atoms with Crippen LogP contribution in [-0.2, 0) is 0 Å². The molecule has 0 aliphatic heterocycles. The monoisotopic (exact) mass is 116 g/mol. The molecular formula is C4H12N4. The molecule has 0 spiro atoms. The minimum absolute atomic E-state index is 0.622. The summed E-state index contributed by atoms with van der Waals surface area (Å²) in [6, 6.07) is 0. The van der Waals surface area contributed by atoms with Gasteiger partial charge in [0.2, 0.25) is 0 Å². The second kappa shape index (κ2) is 4.55. The molecule has 0 heterocycles. The van der Waals surface area contributed by atoms with Gasteiger partial charge in [0.25, 0.3) is 0 Å². The minimum atomic E-state index is 0.622. The lowest BCUT2D eigenvalue weighted by atomic mass is 10.9. The largest absolute Gasteiger partial charge is 0.302 e. The van der Waals surface area contributed by atoms with Crippen LogP contribution < -0.4 is 11.2 Å². The molecule has 0 bridgehead atoms. The predicted molar refractivity (Wildman–Crippen MR) is 34.4 cm³/mol. The SMILES string of the molecule is CN=CN(N)CNC. The Hall–Kier alpha value is -0.610. The highest BCUT2D eigenvalue weighted by Gasteiger charge is 1.82. The van der Waals surface area contributed by atoms with Gasteiger partial charge in [0, 0.05) is 7.05 Å². The topological polar surface area (TPSA) is 53.6 Å². The van der Waals surface area contributed by atoms with Crippen molar-refractivity contribution in [2.45, 2.75) is 0 Å². The van der Waals surface area contributed by atoms with E-state index in [2.05, 4.69) is 10.3 Å². The van der Waals surface area contributed by atoms with Crippen molar-refractivity contribution in [1.29, 1.82) is 0 Å². The van der Waals surface area contributed by atoms with E-state index < -0.39 is 0 Å². The van der Waals surface area contributed by atoms with Crippen molar-refractivity contribution in [3.8, 4) is 0 Å². The van der Waals surface area contributed by atoms with Crippen molar-refractivity contribution >= 4 is 6.34 Å². The van der Waals surface area contributed by atoms with Gasteiger partial charge in [-0.25, -0.2) is 5.84 Å². The highest BCUT2D eigenvalue weighted by atomic mass is 15.4. The van der Waals surface area contributed by atoms with Crippen LogP contribution >= 0.6 is 0 Å². The first-order valence-corrected chi connectivity index (χ1v) is 2.39. The number of hydrogen-bond donors (Lipinski definition) is 2. The Bertz CT molecular complexity index is 70.4. The van der Waals surface area contributed by atoms with Crippen molar-refractivity contribution in [2.24, 2.45) is 10.8 Å². The normalized spacial score (nSPS) is 10.4. The number of hydrazine groups is 1. The Morgan fingerprint density at radius 1 is 1.88 bits per heavy atom. The van der Waals surface area contributed by atoms with Crippen LogP contribution in [0.2, 0.25) is 0 Å². The van der Waals surface area contributed by atoms with E-state index in [-0.39, 0.29) is 0 Å². The van der Waals surface area contributed by atoms with Gasteiger partial charge in [-0.15, -0.1) is 0 Å². The lowest BCUT2D eigenvalue weighted by Gasteiger charge is -2.09. The molecule has 8 heavy (non-hydrogen) atoms. The molecule has 0 saturated heterocycles. The second-order valence-electron chi connectivity index (χ2n) is 1.40. The van der Waals surface area contributed by atoms with Gasteiger partial charge in [0.05, 0.1) is 13.0 Å². The van der Waals surface area contributed by atoms with E-state index >= 15 is 0 Å². The maximum atomic E-state index is 5.32. The van der Waals surface area contributed by atoms with Crippen LogP contribution in [0.3, 0.4) is 0 Å². The maximum Gasteiger partial charge on any atom is 0.0999 e. The van der Waals surface area contributed by atoms with Crippen LogP contribution in [0.5, 0.6) is 0 Å². The number of hydrogen-bond acceptors (Lipinski definition) is 3. The van der Waals surface area contributed by atoms with Crippen LogP contribution in [-0.4, -0.2) is 32.1 Å². The first kappa shape index (κ1) is 7.39. The zero-order valence-corrected chi connectivity index (χ0v) is 5.26. The molecule has 48 valence electrons. The molecule has 0 aliphatic rings. The molecule has 4 nitrogen and oxygen atoms in total. The van der Waals surface area contributed by atoms with Crippen LogP contribution in [0.25, 0.3) is 0 Å². The minimum Gasteiger partial charge on any atom is -0.302 e. The molecule has 0 rings (SSSR count). The molecule has 0 aliphatic carbocycles. The Balaban J connectivity index is 3.17. The highest BCUT2D eigenvalue weighted by molar-refractivity contribution is 5.53. The summed E-state index contributed by atoms with van der Waals surface area (Å²) in [6.45, 7) is 0.622. The van der Waals surface area contributed by atoms with E-state index in [9.17, 15) is 0 Å². The Kier molecular flexibility index (Phi) is 4.20. The van der Waals surface area contributed by atoms with Crippen molar-refractivity contribution in [3.05, 3.63) is 0 Å². The lowest BCUT2D eigenvalue weighted by molar-refractivity contribution is 0.425. The van der Waals surface area contributed by atoms with Crippen LogP contribution in [0.15, 0.2) is 4.99 Å². The molecule has 0 unspecified atom stereocenters. The van der Waals surface area contributed by atoms with Gasteiger partial charge in [-0.05, 0) is 7.05 Å². The van der Waals surface area contributed by atoms with E-state index in [4.69, 9.17) is 5.84 Å². The van der Waals surface area contributed by atoms with E-state index in [0.29, 0.717) is 6.67 Å². The maximum absolute atomic E-state index is 5.32. The van der Waals surface area contributed by atoms with Crippen LogP contribution in [0.1, 0.15) is 0 Å². The van der Waals surface area contributed by atoms with Crippen molar-refractivity contribution in [2.75, 3.05) is 20.8 Å². The average molecular weight is 116 g/mol. The summed E-state index contributed by atoms with van der Waals surface area (Å²) in [4.78, 5) is 3.69. The summed E-state index contributed by atoms with van der Waals surface area (Å²) in [5, 5.41) is 4.32. The van der Waals surface area contributed by atoms with Gasteiger partial charge < -0.3 is 5.32 Å². The van der Waals surface area contributed by atoms with Gasteiger partial charge in [-0.1, -0.05) is 0 Å². The van der Waals surface area contributed by atoms with Gasteiger partial charge in [-0.2, -0.15) is 0 Å². The number of nitrogens with one attached hydrogen (secondary N) is 1. The Morgan fingerprint density at radius 3 is 2.88 bits per heavy atom. The second-order valence-corrected chi connectivity index (χ2v) is 1.40. The van der Waals surface area contributed by atoms with Gasteiger partial charge in [0.1, 0.15) is 0 Å². The summed E-state index contributed by atoms with van der Waals surface area (Å²) in [5.74, 6) is 5.32. The molecule has 0 atom stereocenters. The van der Waals surface area contributed by atoms with Crippen molar-refractivity contribution in [3.63, 3.8) is 0 Å². The van der Waals surface area contributed by atoms with Gasteiger partial charge in [-0.3, -0.25) is 10.0 Å². The summed E-state index contributed by atoms with van der Waals surface area (Å²) in [5.41, 5.74) is 0. The number of rotatable bonds is 3. The Labute approximate surface area is 49.3 Å². The summed E-state index contributed by atoms with van der Waals surface area (Å²) < 4.78 is 0.